The summed E-state index contributed by atoms with van der Waals surface area (Å²) in [4.78, 5) is 12.0. The van der Waals surface area contributed by atoms with Crippen molar-refractivity contribution in [1.82, 2.24) is 0 Å². The minimum Gasteiger partial charge on any atom is -0.497 e. The highest BCUT2D eigenvalue weighted by molar-refractivity contribution is 6.34. The van der Waals surface area contributed by atoms with Gasteiger partial charge in [0.25, 0.3) is 0 Å². The van der Waals surface area contributed by atoms with Crippen molar-refractivity contribution in [2.45, 2.75) is 18.2 Å². The average Bonchev–Trinajstić information content (AvgIpc) is 2.43. The van der Waals surface area contributed by atoms with Crippen LogP contribution in [0.5, 0.6) is 5.75 Å². The maximum Gasteiger partial charge on any atom is 0.176 e. The number of ether oxygens (including phenoxy) is 1. The Labute approximate surface area is 117 Å². The van der Waals surface area contributed by atoms with E-state index in [1.165, 1.54) is 0 Å². The van der Waals surface area contributed by atoms with Crippen LogP contribution in [0.15, 0.2) is 29.8 Å². The van der Waals surface area contributed by atoms with Gasteiger partial charge in [-0.25, -0.2) is 0 Å². The van der Waals surface area contributed by atoms with E-state index >= 15 is 0 Å². The second-order valence-corrected chi connectivity index (χ2v) is 5.29. The summed E-state index contributed by atoms with van der Waals surface area (Å²) >= 11 is 6.03. The van der Waals surface area contributed by atoms with Crippen molar-refractivity contribution in [3.05, 3.63) is 35.4 Å². The third-order valence-corrected chi connectivity index (χ3v) is 3.72. The Kier molecular flexibility index (Phi) is 4.61. The fraction of sp³-hybridized carbons (Fsp3) is 0.400. The largest absolute Gasteiger partial charge is 0.497 e. The van der Waals surface area contributed by atoms with Crippen molar-refractivity contribution in [3.63, 3.8) is 0 Å². The Bertz CT molecular complexity index is 496. The lowest BCUT2D eigenvalue weighted by Gasteiger charge is -2.25. The van der Waals surface area contributed by atoms with Gasteiger partial charge in [0.2, 0.25) is 0 Å². The van der Waals surface area contributed by atoms with Crippen LogP contribution in [0.3, 0.4) is 0 Å². The second kappa shape index (κ2) is 6.22. The Morgan fingerprint density at radius 2 is 2.32 bits per heavy atom. The molecule has 3 nitrogen and oxygen atoms in total. The number of aliphatic hydroxyl groups is 1. The molecule has 1 aliphatic carbocycles. The van der Waals surface area contributed by atoms with Crippen molar-refractivity contribution in [2.75, 3.05) is 13.7 Å². The minimum atomic E-state index is -0.525. The van der Waals surface area contributed by atoms with Gasteiger partial charge in [-0.1, -0.05) is 12.1 Å². The quantitative estimate of drug-likeness (QED) is 0.684. The first kappa shape index (κ1) is 14.1. The maximum atomic E-state index is 12.0. The molecule has 1 aliphatic rings. The number of carbonyl (C=O) groups is 1. The number of hydrogen-bond donors (Lipinski definition) is 1. The number of carbonyl (C=O) groups excluding carboxylic acids is 1. The van der Waals surface area contributed by atoms with Crippen LogP contribution in [0.4, 0.5) is 0 Å². The summed E-state index contributed by atoms with van der Waals surface area (Å²) < 4.78 is 5.15. The molecule has 0 aliphatic heterocycles. The lowest BCUT2D eigenvalue weighted by molar-refractivity contribution is -0.116. The van der Waals surface area contributed by atoms with Gasteiger partial charge in [-0.2, -0.15) is 0 Å². The Morgan fingerprint density at radius 3 is 3.00 bits per heavy atom. The molecule has 0 heterocycles. The number of Topliss-reactive ketones (excluding diaryl/α,β-unsaturated/α-hetero) is 1. The molecule has 1 saturated carbocycles. The van der Waals surface area contributed by atoms with E-state index in [2.05, 4.69) is 0 Å². The summed E-state index contributed by atoms with van der Waals surface area (Å²) in [6.07, 6.45) is 2.96. The van der Waals surface area contributed by atoms with Gasteiger partial charge in [0.1, 0.15) is 5.75 Å². The summed E-state index contributed by atoms with van der Waals surface area (Å²) in [5, 5.41) is 8.72. The fourth-order valence-electron chi connectivity index (χ4n) is 2.30. The van der Waals surface area contributed by atoms with Crippen LogP contribution in [0.25, 0.3) is 6.08 Å². The molecule has 2 rings (SSSR count). The first-order valence-corrected chi connectivity index (χ1v) is 6.71. The zero-order chi connectivity index (χ0) is 13.8. The van der Waals surface area contributed by atoms with Crippen LogP contribution in [0, 0.1) is 5.92 Å². The first-order valence-electron chi connectivity index (χ1n) is 6.27. The molecule has 1 aromatic carbocycles. The van der Waals surface area contributed by atoms with Crippen LogP contribution in [-0.2, 0) is 4.79 Å². The molecular weight excluding hydrogens is 264 g/mol. The highest BCUT2D eigenvalue weighted by atomic mass is 35.5. The average molecular weight is 281 g/mol. The number of hydrogen-bond acceptors (Lipinski definition) is 3. The molecule has 0 aromatic heterocycles. The standard InChI is InChI=1S/C15H17ClO3/c1-19-13-4-2-3-10(7-13)5-12-6-11(9-17)8-14(16)15(12)18/h2-5,7,11,14,17H,6,8-9H2,1H3. The summed E-state index contributed by atoms with van der Waals surface area (Å²) in [6.45, 7) is 0.0615. The molecule has 2 atom stereocenters. The van der Waals surface area contributed by atoms with E-state index in [9.17, 15) is 9.90 Å². The van der Waals surface area contributed by atoms with Gasteiger partial charge in [0, 0.05) is 6.61 Å². The summed E-state index contributed by atoms with van der Waals surface area (Å²) in [5.74, 6) is 0.782. The molecule has 0 saturated heterocycles. The van der Waals surface area contributed by atoms with Crippen LogP contribution in [0.2, 0.25) is 0 Å². The van der Waals surface area contributed by atoms with Gasteiger partial charge in [-0.05, 0) is 48.1 Å². The monoisotopic (exact) mass is 280 g/mol. The van der Waals surface area contributed by atoms with E-state index in [1.54, 1.807) is 7.11 Å². The Balaban J connectivity index is 2.26. The molecule has 1 fully saturated rings. The minimum absolute atomic E-state index is 0.0332. The maximum absolute atomic E-state index is 12.0. The van der Waals surface area contributed by atoms with Crippen molar-refractivity contribution in [2.24, 2.45) is 5.92 Å². The summed E-state index contributed by atoms with van der Waals surface area (Å²) in [7, 11) is 1.61. The molecular formula is C15H17ClO3. The van der Waals surface area contributed by atoms with E-state index < -0.39 is 5.38 Å². The number of halogens is 1. The number of methoxy groups -OCH3 is 1. The number of rotatable bonds is 3. The molecule has 2 unspecified atom stereocenters. The van der Waals surface area contributed by atoms with Gasteiger partial charge in [-0.15, -0.1) is 11.6 Å². The smallest absolute Gasteiger partial charge is 0.176 e. The van der Waals surface area contributed by atoms with Crippen LogP contribution < -0.4 is 4.74 Å². The fourth-order valence-corrected chi connectivity index (χ4v) is 2.69. The first-order chi connectivity index (χ1) is 9.13. The Hall–Kier alpha value is -1.32. The van der Waals surface area contributed by atoms with E-state index in [1.807, 2.05) is 30.3 Å². The van der Waals surface area contributed by atoms with Gasteiger partial charge in [0.15, 0.2) is 5.78 Å². The van der Waals surface area contributed by atoms with E-state index in [4.69, 9.17) is 16.3 Å². The molecule has 1 aromatic rings. The number of allylic oxidation sites excluding steroid dienone is 1. The molecule has 102 valence electrons. The Morgan fingerprint density at radius 1 is 1.53 bits per heavy atom. The van der Waals surface area contributed by atoms with Gasteiger partial charge < -0.3 is 9.84 Å². The lowest BCUT2D eigenvalue weighted by Crippen LogP contribution is -2.29. The van der Waals surface area contributed by atoms with Crippen molar-refractivity contribution in [1.29, 1.82) is 0 Å². The zero-order valence-electron chi connectivity index (χ0n) is 10.8. The van der Waals surface area contributed by atoms with Crippen molar-refractivity contribution >= 4 is 23.5 Å². The van der Waals surface area contributed by atoms with E-state index in [0.29, 0.717) is 18.4 Å². The number of ketones is 1. The lowest BCUT2D eigenvalue weighted by atomic mass is 9.84. The van der Waals surface area contributed by atoms with Crippen molar-refractivity contribution in [3.8, 4) is 5.75 Å². The molecule has 4 heteroatoms. The molecule has 1 N–H and O–H groups in total. The van der Waals surface area contributed by atoms with Crippen LogP contribution in [-0.4, -0.2) is 30.0 Å². The summed E-state index contributed by atoms with van der Waals surface area (Å²) in [6, 6.07) is 7.51. The van der Waals surface area contributed by atoms with Crippen molar-refractivity contribution < 1.29 is 14.6 Å². The van der Waals surface area contributed by atoms with Gasteiger partial charge in [-0.3, -0.25) is 4.79 Å². The van der Waals surface area contributed by atoms with Gasteiger partial charge in [0.05, 0.1) is 12.5 Å². The molecule has 0 spiro atoms. The van der Waals surface area contributed by atoms with Crippen LogP contribution >= 0.6 is 11.6 Å². The molecule has 0 amide bonds. The molecule has 0 radical (unpaired) electrons. The van der Waals surface area contributed by atoms with E-state index in [-0.39, 0.29) is 18.3 Å². The predicted octanol–water partition coefficient (Wildman–Crippen LogP) is 2.66. The number of alkyl halides is 1. The zero-order valence-corrected chi connectivity index (χ0v) is 11.6. The highest BCUT2D eigenvalue weighted by Gasteiger charge is 2.30. The normalized spacial score (nSPS) is 25.6. The predicted molar refractivity (Wildman–Crippen MR) is 75.4 cm³/mol. The summed E-state index contributed by atoms with van der Waals surface area (Å²) in [5.41, 5.74) is 1.59. The SMILES string of the molecule is COc1cccc(C=C2CC(CO)CC(Cl)C2=O)c1. The number of benzene rings is 1. The van der Waals surface area contributed by atoms with E-state index in [0.717, 1.165) is 11.3 Å². The van der Waals surface area contributed by atoms with Crippen LogP contribution in [0.1, 0.15) is 18.4 Å². The highest BCUT2D eigenvalue weighted by Crippen LogP contribution is 2.30. The number of aliphatic hydroxyl groups excluding tert-OH is 1. The third kappa shape index (κ3) is 3.37. The topological polar surface area (TPSA) is 46.5 Å². The second-order valence-electron chi connectivity index (χ2n) is 4.77. The molecule has 0 bridgehead atoms. The van der Waals surface area contributed by atoms with Gasteiger partial charge >= 0.3 is 0 Å². The third-order valence-electron chi connectivity index (χ3n) is 3.34. The molecule has 19 heavy (non-hydrogen) atoms.